The van der Waals surface area contributed by atoms with Gasteiger partial charge in [-0.25, -0.2) is 0 Å². The second-order valence-electron chi connectivity index (χ2n) is 4.34. The van der Waals surface area contributed by atoms with Gasteiger partial charge in [0.25, 0.3) is 0 Å². The van der Waals surface area contributed by atoms with Gasteiger partial charge >= 0.3 is 0 Å². The number of rotatable bonds is 4. The minimum absolute atomic E-state index is 0.389. The summed E-state index contributed by atoms with van der Waals surface area (Å²) in [5.74, 6) is 4.71. The van der Waals surface area contributed by atoms with E-state index in [1.807, 2.05) is 11.8 Å². The topological polar surface area (TPSA) is 21.3 Å². The second-order valence-corrected chi connectivity index (χ2v) is 7.19. The van der Waals surface area contributed by atoms with Gasteiger partial charge in [-0.2, -0.15) is 11.8 Å². The molecule has 2 unspecified atom stereocenters. The van der Waals surface area contributed by atoms with E-state index in [9.17, 15) is 0 Å². The van der Waals surface area contributed by atoms with Crippen molar-refractivity contribution >= 4 is 40.1 Å². The monoisotopic (exact) mass is 277 g/mol. The van der Waals surface area contributed by atoms with Crippen LogP contribution in [0.1, 0.15) is 19.3 Å². The summed E-state index contributed by atoms with van der Waals surface area (Å²) in [6.45, 7) is 1.82. The molecule has 2 fully saturated rings. The summed E-state index contributed by atoms with van der Waals surface area (Å²) in [5.41, 5.74) is 0. The van der Waals surface area contributed by atoms with Gasteiger partial charge in [-0.05, 0) is 36.7 Å². The van der Waals surface area contributed by atoms with Crippen molar-refractivity contribution in [3.63, 3.8) is 0 Å². The smallest absolute Gasteiger partial charge is 0.133 e. The van der Waals surface area contributed by atoms with Crippen LogP contribution in [0.4, 0.5) is 0 Å². The summed E-state index contributed by atoms with van der Waals surface area (Å²) in [4.78, 5) is 0. The van der Waals surface area contributed by atoms with Crippen LogP contribution in [0.5, 0.6) is 0 Å². The van der Waals surface area contributed by atoms with Gasteiger partial charge in [0.05, 0.1) is 6.10 Å². The van der Waals surface area contributed by atoms with E-state index in [4.69, 9.17) is 17.0 Å². The van der Waals surface area contributed by atoms with Crippen molar-refractivity contribution in [2.45, 2.75) is 25.4 Å². The first-order valence-corrected chi connectivity index (χ1v) is 8.49. The molecular formula is C11H19NOS3. The zero-order valence-electron chi connectivity index (χ0n) is 9.44. The first-order valence-electron chi connectivity index (χ1n) is 5.94. The van der Waals surface area contributed by atoms with Crippen LogP contribution in [0.15, 0.2) is 0 Å². The Kier molecular flexibility index (Phi) is 5.76. The van der Waals surface area contributed by atoms with Crippen LogP contribution in [0.3, 0.4) is 0 Å². The number of hydrogen-bond donors (Lipinski definition) is 1. The molecule has 0 amide bonds. The molecule has 2 aliphatic heterocycles. The van der Waals surface area contributed by atoms with Gasteiger partial charge in [0.1, 0.15) is 4.32 Å². The molecule has 0 aliphatic carbocycles. The highest BCUT2D eigenvalue weighted by Gasteiger charge is 2.17. The summed E-state index contributed by atoms with van der Waals surface area (Å²) in [5, 5.41) is 3.31. The molecule has 0 saturated carbocycles. The molecule has 2 nitrogen and oxygen atoms in total. The molecule has 92 valence electrons. The lowest BCUT2D eigenvalue weighted by Crippen LogP contribution is -2.29. The Balaban J connectivity index is 1.53. The normalized spacial score (nSPS) is 29.5. The van der Waals surface area contributed by atoms with Crippen molar-refractivity contribution < 1.29 is 4.74 Å². The van der Waals surface area contributed by atoms with Crippen molar-refractivity contribution in [3.8, 4) is 0 Å². The lowest BCUT2D eigenvalue weighted by atomic mass is 10.2. The molecule has 2 aliphatic rings. The lowest BCUT2D eigenvalue weighted by molar-refractivity contribution is 0.114. The standard InChI is InChI=1S/C11H19NOS3/c14-11(12-6-10-2-1-4-13-10)16-8-9-3-5-15-7-9/h9-10H,1-8H2,(H,12,14). The average molecular weight is 277 g/mol. The predicted octanol–water partition coefficient (Wildman–Crippen LogP) is 2.53. The molecular weight excluding hydrogens is 258 g/mol. The molecule has 2 atom stereocenters. The minimum atomic E-state index is 0.389. The third kappa shape index (κ3) is 4.43. The molecule has 0 spiro atoms. The Bertz CT molecular complexity index is 203. The number of nitrogens with one attached hydrogen (secondary N) is 1. The number of thiocarbonyl (C=S) groups is 1. The fourth-order valence-electron chi connectivity index (χ4n) is 1.96. The fourth-order valence-corrected chi connectivity index (χ4v) is 4.54. The summed E-state index contributed by atoms with van der Waals surface area (Å²) >= 11 is 9.19. The molecule has 2 saturated heterocycles. The highest BCUT2D eigenvalue weighted by atomic mass is 32.2. The van der Waals surface area contributed by atoms with Crippen molar-refractivity contribution in [2.24, 2.45) is 5.92 Å². The quantitative estimate of drug-likeness (QED) is 0.795. The first kappa shape index (κ1) is 13.0. The molecule has 0 aromatic heterocycles. The SMILES string of the molecule is S=C(NCC1CCCO1)SCC1CCSC1. The average Bonchev–Trinajstić information content (AvgIpc) is 2.96. The van der Waals surface area contributed by atoms with E-state index in [1.165, 1.54) is 36.5 Å². The Morgan fingerprint density at radius 2 is 2.44 bits per heavy atom. The van der Waals surface area contributed by atoms with E-state index in [1.54, 1.807) is 0 Å². The molecule has 2 rings (SSSR count). The second kappa shape index (κ2) is 7.09. The predicted molar refractivity (Wildman–Crippen MR) is 77.5 cm³/mol. The molecule has 0 bridgehead atoms. The van der Waals surface area contributed by atoms with Gasteiger partial charge in [-0.3, -0.25) is 0 Å². The van der Waals surface area contributed by atoms with Gasteiger partial charge in [-0.15, -0.1) is 0 Å². The summed E-state index contributed by atoms with van der Waals surface area (Å²) in [6.07, 6.45) is 4.14. The zero-order valence-corrected chi connectivity index (χ0v) is 11.9. The number of thioether (sulfide) groups is 2. The van der Waals surface area contributed by atoms with Gasteiger partial charge in [0, 0.05) is 18.9 Å². The van der Waals surface area contributed by atoms with Crippen LogP contribution in [-0.4, -0.2) is 40.8 Å². The van der Waals surface area contributed by atoms with E-state index in [0.29, 0.717) is 6.10 Å². The van der Waals surface area contributed by atoms with Crippen molar-refractivity contribution in [3.05, 3.63) is 0 Å². The van der Waals surface area contributed by atoms with Crippen LogP contribution < -0.4 is 5.32 Å². The first-order chi connectivity index (χ1) is 7.84. The molecule has 0 radical (unpaired) electrons. The van der Waals surface area contributed by atoms with Crippen LogP contribution in [0.2, 0.25) is 0 Å². The van der Waals surface area contributed by atoms with Crippen LogP contribution >= 0.6 is 35.7 Å². The number of ether oxygens (including phenoxy) is 1. The summed E-state index contributed by atoms with van der Waals surface area (Å²) in [6, 6.07) is 0. The van der Waals surface area contributed by atoms with Gasteiger partial charge in [-0.1, -0.05) is 24.0 Å². The van der Waals surface area contributed by atoms with Crippen molar-refractivity contribution in [1.29, 1.82) is 0 Å². The van der Waals surface area contributed by atoms with E-state index in [2.05, 4.69) is 17.1 Å². The van der Waals surface area contributed by atoms with Gasteiger partial charge in [0.15, 0.2) is 0 Å². The molecule has 16 heavy (non-hydrogen) atoms. The highest BCUT2D eigenvalue weighted by Crippen LogP contribution is 2.26. The van der Waals surface area contributed by atoms with Crippen LogP contribution in [0.25, 0.3) is 0 Å². The maximum Gasteiger partial charge on any atom is 0.133 e. The lowest BCUT2D eigenvalue weighted by Gasteiger charge is -2.13. The Morgan fingerprint density at radius 3 is 3.12 bits per heavy atom. The highest BCUT2D eigenvalue weighted by molar-refractivity contribution is 8.23. The Morgan fingerprint density at radius 1 is 1.50 bits per heavy atom. The van der Waals surface area contributed by atoms with E-state index in [-0.39, 0.29) is 0 Å². The Labute approximate surface area is 112 Å². The maximum atomic E-state index is 5.55. The molecule has 0 aromatic carbocycles. The van der Waals surface area contributed by atoms with Gasteiger partial charge < -0.3 is 10.1 Å². The van der Waals surface area contributed by atoms with E-state index in [0.717, 1.165) is 23.4 Å². The van der Waals surface area contributed by atoms with E-state index < -0.39 is 0 Å². The van der Waals surface area contributed by atoms with Crippen LogP contribution in [-0.2, 0) is 4.74 Å². The minimum Gasteiger partial charge on any atom is -0.376 e. The van der Waals surface area contributed by atoms with Crippen molar-refractivity contribution in [2.75, 3.05) is 30.4 Å². The molecule has 5 heteroatoms. The molecule has 0 aromatic rings. The zero-order chi connectivity index (χ0) is 11.2. The Hall–Kier alpha value is 0.550. The molecule has 1 N–H and O–H groups in total. The summed E-state index contributed by atoms with van der Waals surface area (Å²) < 4.78 is 6.50. The third-order valence-electron chi connectivity index (χ3n) is 2.97. The van der Waals surface area contributed by atoms with Gasteiger partial charge in [0.2, 0.25) is 0 Å². The largest absolute Gasteiger partial charge is 0.376 e. The number of hydrogen-bond acceptors (Lipinski definition) is 4. The van der Waals surface area contributed by atoms with Crippen LogP contribution in [0, 0.1) is 5.92 Å². The van der Waals surface area contributed by atoms with Crippen molar-refractivity contribution in [1.82, 2.24) is 5.32 Å². The molecule has 2 heterocycles. The fraction of sp³-hybridized carbons (Fsp3) is 0.909. The van der Waals surface area contributed by atoms with E-state index >= 15 is 0 Å². The maximum absolute atomic E-state index is 5.55. The third-order valence-corrected chi connectivity index (χ3v) is 5.75. The summed E-state index contributed by atoms with van der Waals surface area (Å²) in [7, 11) is 0.